The molecule has 1 aromatic carbocycles. The van der Waals surface area contributed by atoms with Gasteiger partial charge >= 0.3 is 0 Å². The summed E-state index contributed by atoms with van der Waals surface area (Å²) in [7, 11) is 1.63. The van der Waals surface area contributed by atoms with Crippen molar-refractivity contribution in [2.75, 3.05) is 13.7 Å². The molecule has 3 rings (SSSR count). The Morgan fingerprint density at radius 2 is 2.19 bits per heavy atom. The van der Waals surface area contributed by atoms with Crippen molar-refractivity contribution in [3.8, 4) is 16.9 Å². The second-order valence-electron chi connectivity index (χ2n) is 4.70. The van der Waals surface area contributed by atoms with Crippen molar-refractivity contribution in [1.29, 1.82) is 0 Å². The SMILES string of the molecule is COc1cccc(Cl)c1-c1ccn2cc(CCO)nc2c1. The van der Waals surface area contributed by atoms with Crippen LogP contribution in [0.3, 0.4) is 0 Å². The second kappa shape index (κ2) is 5.76. The van der Waals surface area contributed by atoms with E-state index in [0.717, 1.165) is 28.2 Å². The summed E-state index contributed by atoms with van der Waals surface area (Å²) in [6.07, 6.45) is 4.40. The van der Waals surface area contributed by atoms with Crippen LogP contribution in [0.4, 0.5) is 0 Å². The van der Waals surface area contributed by atoms with Crippen LogP contribution < -0.4 is 4.74 Å². The van der Waals surface area contributed by atoms with Gasteiger partial charge < -0.3 is 14.2 Å². The van der Waals surface area contributed by atoms with Gasteiger partial charge in [-0.05, 0) is 29.8 Å². The molecule has 0 unspecified atom stereocenters. The Balaban J connectivity index is 2.13. The predicted molar refractivity (Wildman–Crippen MR) is 83.0 cm³/mol. The van der Waals surface area contributed by atoms with E-state index in [1.807, 2.05) is 47.1 Å². The number of methoxy groups -OCH3 is 1. The molecule has 0 bridgehead atoms. The third-order valence-corrected chi connectivity index (χ3v) is 3.68. The number of aromatic nitrogens is 2. The van der Waals surface area contributed by atoms with Crippen molar-refractivity contribution in [3.05, 3.63) is 53.4 Å². The number of hydrogen-bond donors (Lipinski definition) is 1. The van der Waals surface area contributed by atoms with Gasteiger partial charge in [-0.1, -0.05) is 17.7 Å². The summed E-state index contributed by atoms with van der Waals surface area (Å²) in [6, 6.07) is 9.52. The Kier molecular flexibility index (Phi) is 3.82. The average Bonchev–Trinajstić information content (AvgIpc) is 2.88. The molecular weight excluding hydrogens is 288 g/mol. The van der Waals surface area contributed by atoms with E-state index in [2.05, 4.69) is 4.98 Å². The molecule has 0 fully saturated rings. The fourth-order valence-corrected chi connectivity index (χ4v) is 2.65. The fourth-order valence-electron chi connectivity index (χ4n) is 2.38. The van der Waals surface area contributed by atoms with E-state index in [1.54, 1.807) is 7.11 Å². The Morgan fingerprint density at radius 3 is 2.95 bits per heavy atom. The topological polar surface area (TPSA) is 46.8 Å². The van der Waals surface area contributed by atoms with Crippen molar-refractivity contribution in [2.24, 2.45) is 0 Å². The van der Waals surface area contributed by atoms with E-state index in [4.69, 9.17) is 21.4 Å². The van der Waals surface area contributed by atoms with Crippen LogP contribution in [-0.4, -0.2) is 28.2 Å². The lowest BCUT2D eigenvalue weighted by molar-refractivity contribution is 0.298. The van der Waals surface area contributed by atoms with Gasteiger partial charge in [0, 0.05) is 31.0 Å². The normalized spacial score (nSPS) is 11.0. The molecule has 2 aromatic heterocycles. The maximum atomic E-state index is 9.00. The number of nitrogens with zero attached hydrogens (tertiary/aromatic N) is 2. The molecule has 0 atom stereocenters. The van der Waals surface area contributed by atoms with Crippen LogP contribution in [0.15, 0.2) is 42.7 Å². The zero-order valence-corrected chi connectivity index (χ0v) is 12.3. The first-order chi connectivity index (χ1) is 10.2. The molecule has 0 aliphatic rings. The van der Waals surface area contributed by atoms with Crippen molar-refractivity contribution in [2.45, 2.75) is 6.42 Å². The third-order valence-electron chi connectivity index (χ3n) is 3.36. The standard InChI is InChI=1S/C16H15ClN2O2/c1-21-14-4-2-3-13(17)16(14)11-5-7-19-10-12(6-8-20)18-15(19)9-11/h2-5,7,9-10,20H,6,8H2,1H3. The maximum absolute atomic E-state index is 9.00. The highest BCUT2D eigenvalue weighted by Crippen LogP contribution is 2.36. The first-order valence-electron chi connectivity index (χ1n) is 6.64. The van der Waals surface area contributed by atoms with Crippen molar-refractivity contribution < 1.29 is 9.84 Å². The number of benzene rings is 1. The second-order valence-corrected chi connectivity index (χ2v) is 5.11. The van der Waals surface area contributed by atoms with Gasteiger partial charge in [0.25, 0.3) is 0 Å². The highest BCUT2D eigenvalue weighted by atomic mass is 35.5. The molecule has 1 N–H and O–H groups in total. The van der Waals surface area contributed by atoms with Crippen molar-refractivity contribution in [1.82, 2.24) is 9.38 Å². The summed E-state index contributed by atoms with van der Waals surface area (Å²) in [5.41, 5.74) is 3.49. The van der Waals surface area contributed by atoms with Crippen LogP contribution in [0.5, 0.6) is 5.75 Å². The van der Waals surface area contributed by atoms with E-state index in [0.29, 0.717) is 11.4 Å². The van der Waals surface area contributed by atoms with Crippen LogP contribution in [0, 0.1) is 0 Å². The summed E-state index contributed by atoms with van der Waals surface area (Å²) in [5, 5.41) is 9.64. The minimum Gasteiger partial charge on any atom is -0.496 e. The number of hydrogen-bond acceptors (Lipinski definition) is 3. The first-order valence-corrected chi connectivity index (χ1v) is 7.02. The quantitative estimate of drug-likeness (QED) is 0.805. The van der Waals surface area contributed by atoms with Gasteiger partial charge in [-0.3, -0.25) is 0 Å². The van der Waals surface area contributed by atoms with E-state index in [9.17, 15) is 0 Å². The Labute approximate surface area is 127 Å². The lowest BCUT2D eigenvalue weighted by atomic mass is 10.1. The van der Waals surface area contributed by atoms with Crippen LogP contribution in [0.1, 0.15) is 5.69 Å². The Bertz CT molecular complexity index is 783. The first kappa shape index (κ1) is 13.9. The third kappa shape index (κ3) is 2.60. The zero-order valence-electron chi connectivity index (χ0n) is 11.6. The molecule has 0 aliphatic heterocycles. The van der Waals surface area contributed by atoms with Gasteiger partial charge in [0.2, 0.25) is 0 Å². The molecule has 2 heterocycles. The molecule has 0 amide bonds. The predicted octanol–water partition coefficient (Wildman–Crippen LogP) is 3.20. The van der Waals surface area contributed by atoms with Crippen molar-refractivity contribution in [3.63, 3.8) is 0 Å². The van der Waals surface area contributed by atoms with E-state index < -0.39 is 0 Å². The van der Waals surface area contributed by atoms with Gasteiger partial charge in [-0.2, -0.15) is 0 Å². The van der Waals surface area contributed by atoms with Crippen LogP contribution in [-0.2, 0) is 6.42 Å². The zero-order chi connectivity index (χ0) is 14.8. The van der Waals surface area contributed by atoms with Gasteiger partial charge in [0.05, 0.1) is 17.8 Å². The molecule has 21 heavy (non-hydrogen) atoms. The summed E-state index contributed by atoms with van der Waals surface area (Å²) in [6.45, 7) is 0.0923. The van der Waals surface area contributed by atoms with Gasteiger partial charge in [-0.25, -0.2) is 4.98 Å². The highest BCUT2D eigenvalue weighted by molar-refractivity contribution is 6.33. The number of fused-ring (bicyclic) bond motifs is 1. The van der Waals surface area contributed by atoms with Gasteiger partial charge in [-0.15, -0.1) is 0 Å². The van der Waals surface area contributed by atoms with E-state index >= 15 is 0 Å². The number of aliphatic hydroxyl groups is 1. The van der Waals surface area contributed by atoms with Gasteiger partial charge in [0.1, 0.15) is 11.4 Å². The molecule has 0 radical (unpaired) electrons. The minimum absolute atomic E-state index is 0.0923. The van der Waals surface area contributed by atoms with Gasteiger partial charge in [0.15, 0.2) is 0 Å². The molecule has 0 aliphatic carbocycles. The monoisotopic (exact) mass is 302 g/mol. The number of aliphatic hydroxyl groups excluding tert-OH is 1. The maximum Gasteiger partial charge on any atom is 0.137 e. The largest absolute Gasteiger partial charge is 0.496 e. The Hall–Kier alpha value is -2.04. The highest BCUT2D eigenvalue weighted by Gasteiger charge is 2.11. The Morgan fingerprint density at radius 1 is 1.33 bits per heavy atom. The molecule has 108 valence electrons. The lowest BCUT2D eigenvalue weighted by Crippen LogP contribution is -1.90. The van der Waals surface area contributed by atoms with Crippen LogP contribution in [0.25, 0.3) is 16.8 Å². The van der Waals surface area contributed by atoms with Crippen LogP contribution in [0.2, 0.25) is 5.02 Å². The number of halogens is 1. The number of pyridine rings is 1. The van der Waals surface area contributed by atoms with Crippen molar-refractivity contribution >= 4 is 17.2 Å². The number of ether oxygens (including phenoxy) is 1. The summed E-state index contributed by atoms with van der Waals surface area (Å²) >= 11 is 6.31. The number of imidazole rings is 1. The lowest BCUT2D eigenvalue weighted by Gasteiger charge is -2.10. The summed E-state index contributed by atoms with van der Waals surface area (Å²) < 4.78 is 7.32. The average molecular weight is 303 g/mol. The molecular formula is C16H15ClN2O2. The van der Waals surface area contributed by atoms with Crippen LogP contribution >= 0.6 is 11.6 Å². The van der Waals surface area contributed by atoms with E-state index in [1.165, 1.54) is 0 Å². The summed E-state index contributed by atoms with van der Waals surface area (Å²) in [5.74, 6) is 0.731. The smallest absolute Gasteiger partial charge is 0.137 e. The molecule has 0 spiro atoms. The molecule has 0 saturated carbocycles. The molecule has 4 nitrogen and oxygen atoms in total. The minimum atomic E-state index is 0.0923. The molecule has 3 aromatic rings. The summed E-state index contributed by atoms with van der Waals surface area (Å²) in [4.78, 5) is 4.49. The van der Waals surface area contributed by atoms with E-state index in [-0.39, 0.29) is 6.61 Å². The number of rotatable bonds is 4. The molecule has 5 heteroatoms. The fraction of sp³-hybridized carbons (Fsp3) is 0.188. The molecule has 0 saturated heterocycles.